The predicted octanol–water partition coefficient (Wildman–Crippen LogP) is 3.11. The first-order valence-corrected chi connectivity index (χ1v) is 8.48. The fourth-order valence-electron chi connectivity index (χ4n) is 2.14. The third kappa shape index (κ3) is 6.33. The van der Waals surface area contributed by atoms with Gasteiger partial charge in [-0.05, 0) is 42.8 Å². The molecule has 0 unspecified atom stereocenters. The molecule has 0 aliphatic carbocycles. The third-order valence-electron chi connectivity index (χ3n) is 3.57. The Morgan fingerprint density at radius 1 is 1.08 bits per heavy atom. The molecule has 0 aliphatic heterocycles. The van der Waals surface area contributed by atoms with Crippen LogP contribution in [0.4, 0.5) is 5.69 Å². The summed E-state index contributed by atoms with van der Waals surface area (Å²) in [6.45, 7) is 3.92. The molecule has 2 aromatic rings. The molecule has 25 heavy (non-hydrogen) atoms. The Labute approximate surface area is 148 Å². The number of ether oxygens (including phenoxy) is 2. The van der Waals surface area contributed by atoms with Crippen molar-refractivity contribution in [2.24, 2.45) is 0 Å². The van der Waals surface area contributed by atoms with Crippen molar-refractivity contribution in [2.75, 3.05) is 32.1 Å². The van der Waals surface area contributed by atoms with E-state index in [2.05, 4.69) is 22.5 Å². The van der Waals surface area contributed by atoms with Crippen molar-refractivity contribution < 1.29 is 14.3 Å². The van der Waals surface area contributed by atoms with Gasteiger partial charge in [0, 0.05) is 13.1 Å². The van der Waals surface area contributed by atoms with Gasteiger partial charge in [-0.15, -0.1) is 0 Å². The van der Waals surface area contributed by atoms with Crippen LogP contribution in [0.15, 0.2) is 42.6 Å². The number of anilines is 1. The molecule has 134 valence electrons. The van der Waals surface area contributed by atoms with Crippen molar-refractivity contribution in [1.82, 2.24) is 10.3 Å². The molecule has 1 aromatic carbocycles. The van der Waals surface area contributed by atoms with Crippen LogP contribution in [-0.4, -0.2) is 37.7 Å². The lowest BCUT2D eigenvalue weighted by atomic mass is 10.3. The third-order valence-corrected chi connectivity index (χ3v) is 3.57. The second-order valence-electron chi connectivity index (χ2n) is 5.49. The molecule has 0 atom stereocenters. The minimum Gasteiger partial charge on any atom is -0.497 e. The highest BCUT2D eigenvalue weighted by Gasteiger charge is 2.05. The second kappa shape index (κ2) is 10.2. The highest BCUT2D eigenvalue weighted by Crippen LogP contribution is 2.16. The molecule has 1 heterocycles. The number of aromatic nitrogens is 1. The molecule has 0 radical (unpaired) electrons. The van der Waals surface area contributed by atoms with E-state index >= 15 is 0 Å². The molecule has 0 spiro atoms. The zero-order chi connectivity index (χ0) is 17.9. The van der Waals surface area contributed by atoms with Gasteiger partial charge < -0.3 is 20.1 Å². The number of amides is 1. The number of unbranched alkanes of at least 4 members (excludes halogenated alkanes) is 1. The van der Waals surface area contributed by atoms with Gasteiger partial charge in [0.05, 0.1) is 19.0 Å². The zero-order valence-electron chi connectivity index (χ0n) is 14.7. The molecule has 0 fully saturated rings. The second-order valence-corrected chi connectivity index (χ2v) is 5.49. The number of nitrogens with zero attached hydrogens (tertiary/aromatic N) is 1. The van der Waals surface area contributed by atoms with Gasteiger partial charge in [-0.1, -0.05) is 13.3 Å². The lowest BCUT2D eigenvalue weighted by Gasteiger charge is -2.09. The summed E-state index contributed by atoms with van der Waals surface area (Å²) in [5, 5.41) is 6.06. The number of rotatable bonds is 10. The van der Waals surface area contributed by atoms with Crippen LogP contribution >= 0.6 is 0 Å². The Kier molecular flexibility index (Phi) is 7.56. The molecule has 1 aromatic heterocycles. The predicted molar refractivity (Wildman–Crippen MR) is 98.5 cm³/mol. The number of pyridine rings is 1. The Bertz CT molecular complexity index is 642. The van der Waals surface area contributed by atoms with Crippen molar-refractivity contribution in [3.63, 3.8) is 0 Å². The van der Waals surface area contributed by atoms with Gasteiger partial charge in [0.1, 0.15) is 23.8 Å². The average molecular weight is 343 g/mol. The summed E-state index contributed by atoms with van der Waals surface area (Å²) in [6, 6.07) is 11.0. The van der Waals surface area contributed by atoms with Crippen LogP contribution in [0, 0.1) is 0 Å². The summed E-state index contributed by atoms with van der Waals surface area (Å²) in [4.78, 5) is 16.1. The van der Waals surface area contributed by atoms with Crippen molar-refractivity contribution >= 4 is 11.6 Å². The van der Waals surface area contributed by atoms with Gasteiger partial charge in [-0.3, -0.25) is 4.79 Å². The van der Waals surface area contributed by atoms with Crippen LogP contribution in [0.3, 0.4) is 0 Å². The van der Waals surface area contributed by atoms with Gasteiger partial charge in [0.15, 0.2) is 0 Å². The van der Waals surface area contributed by atoms with Crippen LogP contribution in [-0.2, 0) is 0 Å². The minimum atomic E-state index is -0.136. The van der Waals surface area contributed by atoms with Gasteiger partial charge in [-0.2, -0.15) is 0 Å². The van der Waals surface area contributed by atoms with Crippen LogP contribution in [0.5, 0.6) is 11.5 Å². The highest BCUT2D eigenvalue weighted by molar-refractivity contribution is 5.92. The lowest BCUT2D eigenvalue weighted by Crippen LogP contribution is -2.25. The quantitative estimate of drug-likeness (QED) is 0.649. The number of nitrogens with one attached hydrogen (secondary N) is 2. The van der Waals surface area contributed by atoms with Crippen LogP contribution in [0.25, 0.3) is 0 Å². The van der Waals surface area contributed by atoms with E-state index in [1.54, 1.807) is 19.4 Å². The largest absolute Gasteiger partial charge is 0.497 e. The van der Waals surface area contributed by atoms with Crippen LogP contribution in [0.2, 0.25) is 0 Å². The highest BCUT2D eigenvalue weighted by atomic mass is 16.5. The van der Waals surface area contributed by atoms with Gasteiger partial charge >= 0.3 is 0 Å². The van der Waals surface area contributed by atoms with E-state index in [4.69, 9.17) is 9.47 Å². The van der Waals surface area contributed by atoms with E-state index in [1.165, 1.54) is 0 Å². The van der Waals surface area contributed by atoms with Crippen molar-refractivity contribution in [3.05, 3.63) is 48.3 Å². The Balaban J connectivity index is 1.71. The van der Waals surface area contributed by atoms with Gasteiger partial charge in [0.2, 0.25) is 0 Å². The molecule has 0 aliphatic rings. The molecule has 1 amide bonds. The topological polar surface area (TPSA) is 72.5 Å². The summed E-state index contributed by atoms with van der Waals surface area (Å²) in [6.07, 6.45) is 3.68. The number of hydrogen-bond acceptors (Lipinski definition) is 5. The monoisotopic (exact) mass is 343 g/mol. The minimum absolute atomic E-state index is 0.136. The van der Waals surface area contributed by atoms with E-state index in [0.717, 1.165) is 30.0 Å². The molecular formula is C19H25N3O3. The molecule has 6 nitrogen and oxygen atoms in total. The molecular weight excluding hydrogens is 318 g/mol. The van der Waals surface area contributed by atoms with Gasteiger partial charge in [-0.25, -0.2) is 4.98 Å². The number of carbonyl (C=O) groups excluding carboxylic acids is 1. The average Bonchev–Trinajstić information content (AvgIpc) is 2.66. The SMILES string of the molecule is CCCCNC(=O)c1ccc(NCCOc2ccc(OC)cc2)cn1. The maximum absolute atomic E-state index is 11.9. The normalized spacial score (nSPS) is 10.2. The van der Waals surface area contributed by atoms with Gasteiger partial charge in [0.25, 0.3) is 5.91 Å². The molecule has 6 heteroatoms. The van der Waals surface area contributed by atoms with Crippen molar-refractivity contribution in [1.29, 1.82) is 0 Å². The molecule has 0 bridgehead atoms. The number of methoxy groups -OCH3 is 1. The molecule has 2 rings (SSSR count). The summed E-state index contributed by atoms with van der Waals surface area (Å²) in [5.74, 6) is 1.46. The van der Waals surface area contributed by atoms with E-state index in [1.807, 2.05) is 30.3 Å². The molecule has 0 saturated heterocycles. The Morgan fingerprint density at radius 3 is 2.48 bits per heavy atom. The first-order chi connectivity index (χ1) is 12.2. The number of benzene rings is 1. The van der Waals surface area contributed by atoms with E-state index in [0.29, 0.717) is 25.4 Å². The number of hydrogen-bond donors (Lipinski definition) is 2. The van der Waals surface area contributed by atoms with Crippen LogP contribution in [0.1, 0.15) is 30.3 Å². The first kappa shape index (κ1) is 18.6. The Hall–Kier alpha value is -2.76. The maximum atomic E-state index is 11.9. The number of carbonyl (C=O) groups is 1. The Morgan fingerprint density at radius 2 is 1.84 bits per heavy atom. The van der Waals surface area contributed by atoms with E-state index in [9.17, 15) is 4.79 Å². The summed E-state index contributed by atoms with van der Waals surface area (Å²) < 4.78 is 10.7. The fourth-order valence-corrected chi connectivity index (χ4v) is 2.14. The smallest absolute Gasteiger partial charge is 0.269 e. The van der Waals surface area contributed by atoms with Crippen molar-refractivity contribution in [2.45, 2.75) is 19.8 Å². The van der Waals surface area contributed by atoms with Crippen LogP contribution < -0.4 is 20.1 Å². The molecule has 2 N–H and O–H groups in total. The first-order valence-electron chi connectivity index (χ1n) is 8.48. The lowest BCUT2D eigenvalue weighted by molar-refractivity contribution is 0.0948. The maximum Gasteiger partial charge on any atom is 0.269 e. The zero-order valence-corrected chi connectivity index (χ0v) is 14.7. The van der Waals surface area contributed by atoms with E-state index in [-0.39, 0.29) is 5.91 Å². The summed E-state index contributed by atoms with van der Waals surface area (Å²) >= 11 is 0. The fraction of sp³-hybridized carbons (Fsp3) is 0.368. The summed E-state index contributed by atoms with van der Waals surface area (Å²) in [5.41, 5.74) is 1.28. The standard InChI is InChI=1S/C19H25N3O3/c1-3-4-11-21-19(23)18-10-5-15(14-22-18)20-12-13-25-17-8-6-16(24-2)7-9-17/h5-10,14,20H,3-4,11-13H2,1-2H3,(H,21,23). The van der Waals surface area contributed by atoms with Crippen molar-refractivity contribution in [3.8, 4) is 11.5 Å². The summed E-state index contributed by atoms with van der Waals surface area (Å²) in [7, 11) is 1.63. The molecule has 0 saturated carbocycles. The van der Waals surface area contributed by atoms with E-state index < -0.39 is 0 Å².